The van der Waals surface area contributed by atoms with Crippen molar-refractivity contribution >= 4 is 40.1 Å². The van der Waals surface area contributed by atoms with Gasteiger partial charge in [0.1, 0.15) is 29.5 Å². The molecule has 4 amide bonds. The number of hydrogen-bond acceptors (Lipinski definition) is 9. The molecular formula is C47H55FN8O5. The Labute approximate surface area is 356 Å². The zero-order chi connectivity index (χ0) is 42.6. The number of hydrogen-bond donors (Lipinski definition) is 2. The summed E-state index contributed by atoms with van der Waals surface area (Å²) >= 11 is 0. The molecule has 1 aliphatic carbocycles. The highest BCUT2D eigenvalue weighted by atomic mass is 19.1. The van der Waals surface area contributed by atoms with Crippen LogP contribution in [0.4, 0.5) is 20.6 Å². The lowest BCUT2D eigenvalue weighted by molar-refractivity contribution is -0.164. The average Bonchev–Trinajstić information content (AvgIpc) is 3.70. The zero-order valence-electron chi connectivity index (χ0n) is 35.5. The van der Waals surface area contributed by atoms with Crippen LogP contribution in [0.25, 0.3) is 10.9 Å². The van der Waals surface area contributed by atoms with E-state index in [4.69, 9.17) is 14.6 Å². The Morgan fingerprint density at radius 3 is 2.48 bits per heavy atom. The number of nitrogens with one attached hydrogen (secondary N) is 2. The minimum atomic E-state index is -0.424. The number of piperidine rings is 2. The highest BCUT2D eigenvalue weighted by molar-refractivity contribution is 6.09. The van der Waals surface area contributed by atoms with E-state index in [-0.39, 0.29) is 42.2 Å². The van der Waals surface area contributed by atoms with Crippen molar-refractivity contribution < 1.29 is 28.2 Å². The molecule has 5 heterocycles. The molecule has 4 aromatic rings. The molecule has 61 heavy (non-hydrogen) atoms. The molecule has 14 heteroatoms. The average molecular weight is 831 g/mol. The van der Waals surface area contributed by atoms with Crippen molar-refractivity contribution in [2.24, 2.45) is 16.7 Å². The fourth-order valence-electron chi connectivity index (χ4n) is 11.1. The molecule has 0 spiro atoms. The van der Waals surface area contributed by atoms with Crippen LogP contribution in [0.1, 0.15) is 93.7 Å². The van der Waals surface area contributed by atoms with Crippen molar-refractivity contribution in [1.82, 2.24) is 25.3 Å². The first-order chi connectivity index (χ1) is 29.3. The number of likely N-dealkylation sites (tertiary alicyclic amines) is 1. The van der Waals surface area contributed by atoms with Crippen LogP contribution in [-0.2, 0) is 11.2 Å². The Hall–Kier alpha value is -5.68. The number of imide groups is 1. The number of halogens is 1. The number of ether oxygens (including phenoxy) is 2. The van der Waals surface area contributed by atoms with E-state index in [0.717, 1.165) is 99.2 Å². The molecule has 5 aliphatic rings. The van der Waals surface area contributed by atoms with Crippen molar-refractivity contribution in [3.63, 3.8) is 0 Å². The van der Waals surface area contributed by atoms with Crippen molar-refractivity contribution in [3.05, 3.63) is 77.2 Å². The Bertz CT molecular complexity index is 2390. The fourth-order valence-corrected chi connectivity index (χ4v) is 11.1. The Balaban J connectivity index is 0.761. The topological polar surface area (TPSA) is 145 Å². The second-order valence-corrected chi connectivity index (χ2v) is 18.7. The normalized spacial score (nSPS) is 23.1. The van der Waals surface area contributed by atoms with Gasteiger partial charge in [0.15, 0.2) is 0 Å². The molecule has 3 saturated heterocycles. The number of fused-ring (bicyclic) bond motifs is 2. The fraction of sp³-hybridized carbons (Fsp3) is 0.511. The molecule has 3 aromatic carbocycles. The van der Waals surface area contributed by atoms with Gasteiger partial charge in [-0.1, -0.05) is 33.8 Å². The molecule has 9 rings (SSSR count). The number of nitrogens with zero attached hydrogens (tertiary/aromatic N) is 6. The molecule has 1 aromatic heterocycles. The van der Waals surface area contributed by atoms with Crippen LogP contribution in [0, 0.1) is 33.9 Å². The maximum absolute atomic E-state index is 15.8. The predicted octanol–water partition coefficient (Wildman–Crippen LogP) is 6.98. The summed E-state index contributed by atoms with van der Waals surface area (Å²) in [6, 6.07) is 16.2. The maximum atomic E-state index is 15.8. The SMILES string of the molecule is CC1(C)C(NC(=O)c2ccc(N3CCC(CN4CCC(n5ncc6c(N7CCC(=O)NC7=O)cccc65)CC4)CC3)c(F)c2)C(C)(C)C1Oc1ccc(C#N)c2c1CCCO2. The number of urea groups is 1. The lowest BCUT2D eigenvalue weighted by Crippen LogP contribution is -2.74. The lowest BCUT2D eigenvalue weighted by Gasteiger charge is -2.63. The first-order valence-electron chi connectivity index (χ1n) is 21.8. The number of benzene rings is 3. The molecule has 0 unspecified atom stereocenters. The molecule has 4 fully saturated rings. The first-order valence-corrected chi connectivity index (χ1v) is 21.8. The summed E-state index contributed by atoms with van der Waals surface area (Å²) in [5.74, 6) is 0.906. The smallest absolute Gasteiger partial charge is 0.328 e. The molecule has 0 bridgehead atoms. The Morgan fingerprint density at radius 1 is 0.984 bits per heavy atom. The number of carbonyl (C=O) groups excluding carboxylic acids is 3. The number of rotatable bonds is 9. The van der Waals surface area contributed by atoms with Crippen LogP contribution in [0.15, 0.2) is 54.7 Å². The second-order valence-electron chi connectivity index (χ2n) is 18.7. The maximum Gasteiger partial charge on any atom is 0.328 e. The standard InChI is InChI=1S/C47H55FN8O5/c1-46(2)43(47(3,4)44(46)61-39-13-11-31(26-49)41-33(39)7-6-24-60-41)52-42(58)30-10-12-38(35(48)25-30)54-21-14-29(15-22-54)28-53-19-16-32(17-20-53)56-37-9-5-8-36(34(37)27-50-56)55-23-18-40(57)51-45(55)59/h5,8-13,25,27,29,32,43-44H,6-7,14-24,28H2,1-4H3,(H,52,58)(H,51,57,59). The Morgan fingerprint density at radius 2 is 1.75 bits per heavy atom. The van der Waals surface area contributed by atoms with Gasteiger partial charge in [-0.15, -0.1) is 0 Å². The van der Waals surface area contributed by atoms with Gasteiger partial charge in [-0.3, -0.25) is 24.5 Å². The summed E-state index contributed by atoms with van der Waals surface area (Å²) in [7, 11) is 0. The van der Waals surface area contributed by atoms with E-state index in [1.807, 2.05) is 30.5 Å². The highest BCUT2D eigenvalue weighted by Crippen LogP contribution is 2.56. The largest absolute Gasteiger partial charge is 0.492 e. The van der Waals surface area contributed by atoms with Crippen LogP contribution in [-0.4, -0.2) is 90.5 Å². The summed E-state index contributed by atoms with van der Waals surface area (Å²) < 4.78 is 30.4. The quantitative estimate of drug-likeness (QED) is 0.183. The minimum Gasteiger partial charge on any atom is -0.492 e. The summed E-state index contributed by atoms with van der Waals surface area (Å²) in [6.45, 7) is 13.7. The van der Waals surface area contributed by atoms with Crippen molar-refractivity contribution in [2.75, 3.05) is 55.7 Å². The van der Waals surface area contributed by atoms with Gasteiger partial charge in [0.25, 0.3) is 5.91 Å². The number of amides is 4. The van der Waals surface area contributed by atoms with Crippen LogP contribution in [0.3, 0.4) is 0 Å². The van der Waals surface area contributed by atoms with Crippen LogP contribution in [0.2, 0.25) is 0 Å². The number of aromatic nitrogens is 2. The molecule has 1 saturated carbocycles. The van der Waals surface area contributed by atoms with Crippen molar-refractivity contribution in [1.29, 1.82) is 5.26 Å². The van der Waals surface area contributed by atoms with Crippen LogP contribution < -0.4 is 29.9 Å². The molecule has 0 radical (unpaired) electrons. The van der Waals surface area contributed by atoms with Gasteiger partial charge in [0.2, 0.25) is 5.91 Å². The van der Waals surface area contributed by atoms with E-state index in [9.17, 15) is 19.6 Å². The first kappa shape index (κ1) is 40.7. The summed E-state index contributed by atoms with van der Waals surface area (Å²) in [5.41, 5.74) is 3.18. The van der Waals surface area contributed by atoms with Crippen molar-refractivity contribution in [2.45, 2.75) is 90.8 Å². The van der Waals surface area contributed by atoms with E-state index >= 15 is 4.39 Å². The summed E-state index contributed by atoms with van der Waals surface area (Å²) in [6.07, 6.45) is 7.42. The van der Waals surface area contributed by atoms with Crippen molar-refractivity contribution in [3.8, 4) is 17.6 Å². The number of carbonyl (C=O) groups is 3. The molecule has 320 valence electrons. The predicted molar refractivity (Wildman–Crippen MR) is 229 cm³/mol. The molecule has 0 atom stereocenters. The highest BCUT2D eigenvalue weighted by Gasteiger charge is 2.64. The number of anilines is 2. The molecular weight excluding hydrogens is 776 g/mol. The van der Waals surface area contributed by atoms with E-state index in [0.29, 0.717) is 41.6 Å². The third-order valence-corrected chi connectivity index (χ3v) is 14.1. The molecule has 13 nitrogen and oxygen atoms in total. The monoisotopic (exact) mass is 830 g/mol. The van der Waals surface area contributed by atoms with Gasteiger partial charge in [0, 0.05) is 79.1 Å². The minimum absolute atomic E-state index is 0.219. The summed E-state index contributed by atoms with van der Waals surface area (Å²) in [5, 5.41) is 20.9. The van der Waals surface area contributed by atoms with Crippen LogP contribution in [0.5, 0.6) is 11.5 Å². The van der Waals surface area contributed by atoms with E-state index in [1.54, 1.807) is 23.1 Å². The van der Waals surface area contributed by atoms with Gasteiger partial charge < -0.3 is 24.6 Å². The van der Waals surface area contributed by atoms with E-state index < -0.39 is 16.9 Å². The third-order valence-electron chi connectivity index (χ3n) is 14.1. The van der Waals surface area contributed by atoms with Gasteiger partial charge in [-0.25, -0.2) is 9.18 Å². The second kappa shape index (κ2) is 16.0. The van der Waals surface area contributed by atoms with Gasteiger partial charge in [-0.2, -0.15) is 10.4 Å². The lowest BCUT2D eigenvalue weighted by atomic mass is 9.49. The molecule has 4 aliphatic heterocycles. The summed E-state index contributed by atoms with van der Waals surface area (Å²) in [4.78, 5) is 44.2. The number of nitriles is 1. The van der Waals surface area contributed by atoms with Gasteiger partial charge >= 0.3 is 6.03 Å². The zero-order valence-corrected chi connectivity index (χ0v) is 35.5. The molecule has 2 N–H and O–H groups in total. The van der Waals surface area contributed by atoms with Gasteiger partial charge in [-0.05, 0) is 86.9 Å². The third kappa shape index (κ3) is 7.45. The van der Waals surface area contributed by atoms with E-state index in [1.165, 1.54) is 6.07 Å². The van der Waals surface area contributed by atoms with E-state index in [2.05, 4.69) is 58.9 Å². The van der Waals surface area contributed by atoms with Crippen LogP contribution >= 0.6 is 0 Å². The Kier molecular flexibility index (Phi) is 10.7. The van der Waals surface area contributed by atoms with Gasteiger partial charge in [0.05, 0.1) is 41.3 Å².